The van der Waals surface area contributed by atoms with Gasteiger partial charge >= 0.3 is 0 Å². The zero-order valence-electron chi connectivity index (χ0n) is 12.3. The summed E-state index contributed by atoms with van der Waals surface area (Å²) < 4.78 is 0. The zero-order valence-corrected chi connectivity index (χ0v) is 12.3. The van der Waals surface area contributed by atoms with Crippen LogP contribution in [0.4, 0.5) is 5.69 Å². The lowest BCUT2D eigenvalue weighted by molar-refractivity contribution is -0.136. The lowest BCUT2D eigenvalue weighted by atomic mass is 9.89. The maximum absolute atomic E-state index is 12.1. The average molecular weight is 276 g/mol. The van der Waals surface area contributed by atoms with Gasteiger partial charge in [-0.15, -0.1) is 0 Å². The Morgan fingerprint density at radius 2 is 1.85 bits per heavy atom. The maximum Gasteiger partial charge on any atom is 0.225 e. The van der Waals surface area contributed by atoms with Gasteiger partial charge in [0.05, 0.1) is 12.0 Å². The molecule has 0 spiro atoms. The van der Waals surface area contributed by atoms with Crippen molar-refractivity contribution < 1.29 is 9.90 Å². The molecule has 3 N–H and O–H groups in total. The maximum atomic E-state index is 12.1. The van der Waals surface area contributed by atoms with Gasteiger partial charge in [-0.05, 0) is 50.3 Å². The van der Waals surface area contributed by atoms with Gasteiger partial charge in [-0.1, -0.05) is 12.1 Å². The summed E-state index contributed by atoms with van der Waals surface area (Å²) in [5.74, 6) is 0.551. The first-order valence-electron chi connectivity index (χ1n) is 7.21. The molecule has 20 heavy (non-hydrogen) atoms. The number of nitrogens with zero attached hydrogens (tertiary/aromatic N) is 1. The highest BCUT2D eigenvalue weighted by Gasteiger charge is 2.27. The van der Waals surface area contributed by atoms with Crippen molar-refractivity contribution in [1.82, 2.24) is 4.90 Å². The van der Waals surface area contributed by atoms with Crippen molar-refractivity contribution in [3.63, 3.8) is 0 Å². The van der Waals surface area contributed by atoms with Gasteiger partial charge in [0.2, 0.25) is 5.91 Å². The fraction of sp³-hybridized carbons (Fsp3) is 0.562. The molecule has 1 aromatic carbocycles. The van der Waals surface area contributed by atoms with Crippen LogP contribution in [0.3, 0.4) is 0 Å². The fourth-order valence-electron chi connectivity index (χ4n) is 2.71. The Hall–Kier alpha value is -1.55. The molecular formula is C16H24N2O2. The van der Waals surface area contributed by atoms with Crippen molar-refractivity contribution in [2.24, 2.45) is 0 Å². The molecule has 1 saturated heterocycles. The van der Waals surface area contributed by atoms with Crippen molar-refractivity contribution in [3.05, 3.63) is 29.8 Å². The number of hydrogen-bond acceptors (Lipinski definition) is 3. The van der Waals surface area contributed by atoms with Gasteiger partial charge in [0, 0.05) is 18.8 Å². The molecule has 0 aliphatic carbocycles. The lowest BCUT2D eigenvalue weighted by Gasteiger charge is -2.33. The average Bonchev–Trinajstić information content (AvgIpc) is 2.38. The highest BCUT2D eigenvalue weighted by Crippen LogP contribution is 2.29. The first kappa shape index (κ1) is 14.9. The van der Waals surface area contributed by atoms with E-state index in [0.29, 0.717) is 5.92 Å². The van der Waals surface area contributed by atoms with Crippen LogP contribution >= 0.6 is 0 Å². The number of piperidine rings is 1. The van der Waals surface area contributed by atoms with E-state index in [4.69, 9.17) is 5.73 Å². The highest BCUT2D eigenvalue weighted by atomic mass is 16.3. The van der Waals surface area contributed by atoms with Crippen LogP contribution < -0.4 is 5.73 Å². The Balaban J connectivity index is 1.89. The van der Waals surface area contributed by atoms with Crippen LogP contribution in [0, 0.1) is 0 Å². The second-order valence-electron chi connectivity index (χ2n) is 6.31. The molecule has 0 aromatic heterocycles. The van der Waals surface area contributed by atoms with Crippen molar-refractivity contribution in [2.45, 2.75) is 44.6 Å². The number of aliphatic hydroxyl groups is 1. The number of amides is 1. The summed E-state index contributed by atoms with van der Waals surface area (Å²) in [6.45, 7) is 4.88. The number of hydrogen-bond donors (Lipinski definition) is 2. The number of rotatable bonds is 3. The summed E-state index contributed by atoms with van der Waals surface area (Å²) >= 11 is 0. The number of benzene rings is 1. The molecule has 1 amide bonds. The summed E-state index contributed by atoms with van der Waals surface area (Å²) in [6, 6.07) is 8.02. The molecule has 1 aliphatic heterocycles. The Kier molecular flexibility index (Phi) is 4.33. The minimum Gasteiger partial charge on any atom is -0.399 e. The van der Waals surface area contributed by atoms with Crippen LogP contribution in [0.15, 0.2) is 24.3 Å². The predicted octanol–water partition coefficient (Wildman–Crippen LogP) is 2.14. The molecule has 1 aliphatic rings. The largest absolute Gasteiger partial charge is 0.399 e. The molecule has 0 unspecified atom stereocenters. The van der Waals surface area contributed by atoms with Crippen LogP contribution in [-0.4, -0.2) is 34.6 Å². The Bertz CT molecular complexity index is 454. The number of carbonyl (C=O) groups excluding carboxylic acids is 1. The SMILES string of the molecule is CC(C)(O)CC(=O)N1CCC(c2ccc(N)cc2)CC1. The van der Waals surface area contributed by atoms with Crippen LogP contribution in [0.25, 0.3) is 0 Å². The molecule has 1 aromatic rings. The summed E-state index contributed by atoms with van der Waals surface area (Å²) in [4.78, 5) is 13.9. The number of nitrogens with two attached hydrogens (primary N) is 1. The van der Waals surface area contributed by atoms with Gasteiger partial charge in [0.15, 0.2) is 0 Å². The van der Waals surface area contributed by atoms with Gasteiger partial charge in [-0.25, -0.2) is 0 Å². The number of carbonyl (C=O) groups is 1. The van der Waals surface area contributed by atoms with Crippen molar-refractivity contribution in [1.29, 1.82) is 0 Å². The van der Waals surface area contributed by atoms with Gasteiger partial charge in [-0.2, -0.15) is 0 Å². The molecule has 0 bridgehead atoms. The van der Waals surface area contributed by atoms with Gasteiger partial charge in [0.1, 0.15) is 0 Å². The molecule has 4 nitrogen and oxygen atoms in total. The summed E-state index contributed by atoms with van der Waals surface area (Å²) in [5.41, 5.74) is 6.86. The summed E-state index contributed by atoms with van der Waals surface area (Å²) in [5, 5.41) is 9.72. The van der Waals surface area contributed by atoms with Crippen molar-refractivity contribution in [3.8, 4) is 0 Å². The quantitative estimate of drug-likeness (QED) is 0.831. The van der Waals surface area contributed by atoms with E-state index in [9.17, 15) is 9.90 Å². The highest BCUT2D eigenvalue weighted by molar-refractivity contribution is 5.77. The molecule has 1 heterocycles. The number of nitrogen functional groups attached to an aromatic ring is 1. The third kappa shape index (κ3) is 3.97. The molecule has 0 atom stereocenters. The third-order valence-electron chi connectivity index (χ3n) is 3.84. The van der Waals surface area contributed by atoms with E-state index >= 15 is 0 Å². The second kappa shape index (κ2) is 5.83. The van der Waals surface area contributed by atoms with Crippen molar-refractivity contribution in [2.75, 3.05) is 18.8 Å². The second-order valence-corrected chi connectivity index (χ2v) is 6.31. The minimum absolute atomic E-state index is 0.0493. The Morgan fingerprint density at radius 3 is 2.35 bits per heavy atom. The zero-order chi connectivity index (χ0) is 14.8. The topological polar surface area (TPSA) is 66.6 Å². The van der Waals surface area contributed by atoms with Crippen LogP contribution in [0.5, 0.6) is 0 Å². The smallest absolute Gasteiger partial charge is 0.225 e. The van der Waals surface area contributed by atoms with Crippen LogP contribution in [0.1, 0.15) is 44.6 Å². The predicted molar refractivity (Wildman–Crippen MR) is 80.3 cm³/mol. The van der Waals surface area contributed by atoms with E-state index < -0.39 is 5.60 Å². The summed E-state index contributed by atoms with van der Waals surface area (Å²) in [7, 11) is 0. The van der Waals surface area contributed by atoms with E-state index in [1.54, 1.807) is 13.8 Å². The van der Waals surface area contributed by atoms with E-state index in [1.807, 2.05) is 17.0 Å². The monoisotopic (exact) mass is 276 g/mol. The van der Waals surface area contributed by atoms with E-state index in [2.05, 4.69) is 12.1 Å². The molecule has 4 heteroatoms. The first-order valence-corrected chi connectivity index (χ1v) is 7.21. The van der Waals surface area contributed by atoms with Crippen molar-refractivity contribution >= 4 is 11.6 Å². The molecule has 0 radical (unpaired) electrons. The first-order chi connectivity index (χ1) is 9.35. The number of likely N-dealkylation sites (tertiary alicyclic amines) is 1. The molecular weight excluding hydrogens is 252 g/mol. The Labute approximate surface area is 120 Å². The fourth-order valence-corrected chi connectivity index (χ4v) is 2.71. The minimum atomic E-state index is -0.926. The van der Waals surface area contributed by atoms with Crippen LogP contribution in [-0.2, 0) is 4.79 Å². The van der Waals surface area contributed by atoms with E-state index in [0.717, 1.165) is 31.6 Å². The molecule has 0 saturated carbocycles. The summed E-state index contributed by atoms with van der Waals surface area (Å²) in [6.07, 6.45) is 2.14. The molecule has 1 fully saturated rings. The van der Waals surface area contributed by atoms with Gasteiger partial charge in [-0.3, -0.25) is 4.79 Å². The Morgan fingerprint density at radius 1 is 1.30 bits per heavy atom. The van der Waals surface area contributed by atoms with E-state index in [-0.39, 0.29) is 12.3 Å². The van der Waals surface area contributed by atoms with Gasteiger partial charge in [0.25, 0.3) is 0 Å². The lowest BCUT2D eigenvalue weighted by Crippen LogP contribution is -2.41. The molecule has 2 rings (SSSR count). The number of anilines is 1. The van der Waals surface area contributed by atoms with E-state index in [1.165, 1.54) is 5.56 Å². The normalized spacial score (nSPS) is 17.2. The molecule has 110 valence electrons. The van der Waals surface area contributed by atoms with Crippen LogP contribution in [0.2, 0.25) is 0 Å². The third-order valence-corrected chi connectivity index (χ3v) is 3.84. The van der Waals surface area contributed by atoms with Gasteiger partial charge < -0.3 is 15.7 Å². The standard InChI is InChI=1S/C16H24N2O2/c1-16(2,20)11-15(19)18-9-7-13(8-10-18)12-3-5-14(17)6-4-12/h3-6,13,20H,7-11,17H2,1-2H3.